The Kier molecular flexibility index (Phi) is 9.45. The first kappa shape index (κ1) is 23.6. The Bertz CT molecular complexity index is 743. The van der Waals surface area contributed by atoms with Gasteiger partial charge >= 0.3 is 0 Å². The van der Waals surface area contributed by atoms with Gasteiger partial charge in [-0.2, -0.15) is 0 Å². The molecule has 27 heavy (non-hydrogen) atoms. The molecule has 1 aromatic heterocycles. The highest BCUT2D eigenvalue weighted by Gasteiger charge is 2.23. The van der Waals surface area contributed by atoms with E-state index in [-0.39, 0.29) is 49.2 Å². The average molecular weight is 436 g/mol. The van der Waals surface area contributed by atoms with Gasteiger partial charge < -0.3 is 15.4 Å². The van der Waals surface area contributed by atoms with E-state index in [9.17, 15) is 9.18 Å². The van der Waals surface area contributed by atoms with E-state index >= 15 is 0 Å². The normalized spacial score (nSPS) is 18.8. The minimum atomic E-state index is -0.302. The summed E-state index contributed by atoms with van der Waals surface area (Å²) in [5, 5.41) is 7.21. The van der Waals surface area contributed by atoms with Crippen LogP contribution < -0.4 is 15.4 Å². The van der Waals surface area contributed by atoms with Gasteiger partial charge in [-0.3, -0.25) is 4.79 Å². The molecule has 9 heteroatoms. The maximum atomic E-state index is 12.9. The fourth-order valence-electron chi connectivity index (χ4n) is 2.91. The summed E-state index contributed by atoms with van der Waals surface area (Å²) < 4.78 is 18.5. The van der Waals surface area contributed by atoms with Crippen LogP contribution in [-0.2, 0) is 6.61 Å². The van der Waals surface area contributed by atoms with Gasteiger partial charge in [-0.15, -0.1) is 36.2 Å². The summed E-state index contributed by atoms with van der Waals surface area (Å²) in [7, 11) is 0. The van der Waals surface area contributed by atoms with Crippen LogP contribution in [0, 0.1) is 12.7 Å². The van der Waals surface area contributed by atoms with Crippen molar-refractivity contribution in [3.63, 3.8) is 0 Å². The number of hydrogen-bond donors (Lipinski definition) is 2. The number of piperidine rings is 1. The Labute approximate surface area is 174 Å². The molecule has 1 aliphatic rings. The second kappa shape index (κ2) is 10.8. The van der Waals surface area contributed by atoms with E-state index in [0.717, 1.165) is 24.4 Å². The minimum Gasteiger partial charge on any atom is -0.486 e. The topological polar surface area (TPSA) is 63.2 Å². The Balaban J connectivity index is 0.00000182. The van der Waals surface area contributed by atoms with E-state index < -0.39 is 0 Å². The molecule has 2 aromatic rings. The van der Waals surface area contributed by atoms with Crippen molar-refractivity contribution in [2.45, 2.75) is 45.4 Å². The van der Waals surface area contributed by atoms with Gasteiger partial charge in [-0.1, -0.05) is 0 Å². The van der Waals surface area contributed by atoms with Gasteiger partial charge in [0.15, 0.2) is 0 Å². The molecule has 2 heterocycles. The SMILES string of the molecule is Cc1nc(COc2ccc(F)cc2)sc1C(=O)NC1CCNC(C)C1.Cl.Cl. The van der Waals surface area contributed by atoms with Crippen molar-refractivity contribution in [3.05, 3.63) is 45.7 Å². The van der Waals surface area contributed by atoms with E-state index in [1.807, 2.05) is 6.92 Å². The number of nitrogens with zero attached hydrogens (tertiary/aromatic N) is 1. The molecule has 1 saturated heterocycles. The lowest BCUT2D eigenvalue weighted by Crippen LogP contribution is -2.46. The quantitative estimate of drug-likeness (QED) is 0.747. The summed E-state index contributed by atoms with van der Waals surface area (Å²) in [4.78, 5) is 17.6. The maximum Gasteiger partial charge on any atom is 0.263 e. The molecular weight excluding hydrogens is 412 g/mol. The third-order valence-corrected chi connectivity index (χ3v) is 5.31. The molecule has 1 amide bonds. The molecule has 150 valence electrons. The van der Waals surface area contributed by atoms with Crippen molar-refractivity contribution < 1.29 is 13.9 Å². The molecule has 1 fully saturated rings. The smallest absolute Gasteiger partial charge is 0.263 e. The maximum absolute atomic E-state index is 12.9. The molecule has 2 unspecified atom stereocenters. The van der Waals surface area contributed by atoms with Crippen molar-refractivity contribution in [1.29, 1.82) is 0 Å². The average Bonchev–Trinajstić information content (AvgIpc) is 2.95. The molecule has 5 nitrogen and oxygen atoms in total. The van der Waals surface area contributed by atoms with E-state index in [1.165, 1.54) is 23.5 Å². The molecule has 2 atom stereocenters. The van der Waals surface area contributed by atoms with Crippen LogP contribution in [0.15, 0.2) is 24.3 Å². The van der Waals surface area contributed by atoms with Crippen LogP contribution in [0.2, 0.25) is 0 Å². The number of aryl methyl sites for hydroxylation is 1. The first-order chi connectivity index (χ1) is 12.0. The Morgan fingerprint density at radius 3 is 2.74 bits per heavy atom. The Morgan fingerprint density at radius 1 is 1.37 bits per heavy atom. The molecule has 0 radical (unpaired) electrons. The monoisotopic (exact) mass is 435 g/mol. The van der Waals surface area contributed by atoms with Crippen LogP contribution in [0.1, 0.15) is 40.1 Å². The van der Waals surface area contributed by atoms with E-state index in [0.29, 0.717) is 22.4 Å². The van der Waals surface area contributed by atoms with Crippen LogP contribution in [0.4, 0.5) is 4.39 Å². The second-order valence-corrected chi connectivity index (χ2v) is 7.40. The fraction of sp³-hybridized carbons (Fsp3) is 0.444. The number of ether oxygens (including phenoxy) is 1. The van der Waals surface area contributed by atoms with Crippen molar-refractivity contribution in [3.8, 4) is 5.75 Å². The summed E-state index contributed by atoms with van der Waals surface area (Å²) in [5.41, 5.74) is 0.710. The number of nitrogens with one attached hydrogen (secondary N) is 2. The number of carbonyl (C=O) groups excluding carboxylic acids is 1. The predicted octanol–water partition coefficient (Wildman–Crippen LogP) is 3.88. The van der Waals surface area contributed by atoms with Crippen LogP contribution in [0.5, 0.6) is 5.75 Å². The van der Waals surface area contributed by atoms with Crippen molar-refractivity contribution in [2.24, 2.45) is 0 Å². The van der Waals surface area contributed by atoms with Crippen LogP contribution in [0.25, 0.3) is 0 Å². The largest absolute Gasteiger partial charge is 0.486 e. The van der Waals surface area contributed by atoms with Crippen LogP contribution >= 0.6 is 36.2 Å². The summed E-state index contributed by atoms with van der Waals surface area (Å²) in [6.07, 6.45) is 1.87. The van der Waals surface area contributed by atoms with Gasteiger partial charge in [0.25, 0.3) is 5.91 Å². The molecule has 3 rings (SSSR count). The van der Waals surface area contributed by atoms with Crippen molar-refractivity contribution in [2.75, 3.05) is 6.54 Å². The second-order valence-electron chi connectivity index (χ2n) is 6.31. The molecular formula is C18H24Cl2FN3O2S. The van der Waals surface area contributed by atoms with Gasteiger partial charge in [0.1, 0.15) is 28.1 Å². The first-order valence-electron chi connectivity index (χ1n) is 8.40. The lowest BCUT2D eigenvalue weighted by molar-refractivity contribution is 0.0929. The van der Waals surface area contributed by atoms with Gasteiger partial charge in [0.2, 0.25) is 0 Å². The fourth-order valence-corrected chi connectivity index (χ4v) is 3.80. The Hall–Kier alpha value is -1.41. The molecule has 1 aromatic carbocycles. The summed E-state index contributed by atoms with van der Waals surface area (Å²) in [6, 6.07) is 6.46. The number of hydrogen-bond acceptors (Lipinski definition) is 5. The van der Waals surface area contributed by atoms with Gasteiger partial charge in [-0.25, -0.2) is 9.37 Å². The number of benzene rings is 1. The lowest BCUT2D eigenvalue weighted by atomic mass is 10.0. The summed E-state index contributed by atoms with van der Waals surface area (Å²) in [5.74, 6) is 0.203. The molecule has 1 aliphatic heterocycles. The first-order valence-corrected chi connectivity index (χ1v) is 9.22. The Morgan fingerprint density at radius 2 is 2.07 bits per heavy atom. The third kappa shape index (κ3) is 6.60. The van der Waals surface area contributed by atoms with E-state index in [2.05, 4.69) is 22.5 Å². The number of rotatable bonds is 5. The number of thiazole rings is 1. The van der Waals surface area contributed by atoms with Gasteiger partial charge in [0.05, 0.1) is 5.69 Å². The molecule has 0 spiro atoms. The van der Waals surface area contributed by atoms with E-state index in [4.69, 9.17) is 4.74 Å². The highest BCUT2D eigenvalue weighted by atomic mass is 35.5. The lowest BCUT2D eigenvalue weighted by Gasteiger charge is -2.28. The summed E-state index contributed by atoms with van der Waals surface area (Å²) >= 11 is 1.34. The standard InChI is InChI=1S/C18H22FN3O2S.2ClH/c1-11-9-14(7-8-20-11)22-18(23)17-12(2)21-16(25-17)10-24-15-5-3-13(19)4-6-15;;/h3-6,11,14,20H,7-10H2,1-2H3,(H,22,23);2*1H. The van der Waals surface area contributed by atoms with Gasteiger partial charge in [-0.05, 0) is 57.5 Å². The van der Waals surface area contributed by atoms with E-state index in [1.54, 1.807) is 12.1 Å². The zero-order valence-corrected chi connectivity index (χ0v) is 17.6. The molecule has 0 saturated carbocycles. The highest BCUT2D eigenvalue weighted by Crippen LogP contribution is 2.21. The molecule has 0 bridgehead atoms. The minimum absolute atomic E-state index is 0. The highest BCUT2D eigenvalue weighted by molar-refractivity contribution is 7.13. The number of carbonyl (C=O) groups is 1. The van der Waals surface area contributed by atoms with Crippen molar-refractivity contribution in [1.82, 2.24) is 15.6 Å². The van der Waals surface area contributed by atoms with Crippen molar-refractivity contribution >= 4 is 42.1 Å². The van der Waals surface area contributed by atoms with Gasteiger partial charge in [0, 0.05) is 12.1 Å². The zero-order valence-electron chi connectivity index (χ0n) is 15.2. The van der Waals surface area contributed by atoms with Crippen LogP contribution in [0.3, 0.4) is 0 Å². The molecule has 0 aliphatic carbocycles. The number of aromatic nitrogens is 1. The number of amides is 1. The predicted molar refractivity (Wildman–Crippen MR) is 110 cm³/mol. The third-order valence-electron chi connectivity index (χ3n) is 4.18. The number of halogens is 3. The zero-order chi connectivity index (χ0) is 17.8. The van der Waals surface area contributed by atoms with Crippen LogP contribution in [-0.4, -0.2) is 29.5 Å². The molecule has 2 N–H and O–H groups in total. The summed E-state index contributed by atoms with van der Waals surface area (Å²) in [6.45, 7) is 5.14.